The fourth-order valence-electron chi connectivity index (χ4n) is 1.85. The van der Waals surface area contributed by atoms with Crippen LogP contribution >= 0.6 is 11.6 Å². The van der Waals surface area contributed by atoms with Gasteiger partial charge in [-0.05, 0) is 42.4 Å². The molecule has 0 radical (unpaired) electrons. The number of hydrogen-bond donors (Lipinski definition) is 1. The fraction of sp³-hybridized carbons (Fsp3) is 0.571. The molecule has 0 aromatic heterocycles. The summed E-state index contributed by atoms with van der Waals surface area (Å²) < 4.78 is 0. The van der Waals surface area contributed by atoms with E-state index < -0.39 is 0 Å². The topological polar surface area (TPSA) is 20.2 Å². The Morgan fingerprint density at radius 2 is 1.94 bits per heavy atom. The Bertz CT molecular complexity index is 352. The lowest BCUT2D eigenvalue weighted by Crippen LogP contribution is -2.19. The van der Waals surface area contributed by atoms with Crippen molar-refractivity contribution in [1.29, 1.82) is 0 Å². The minimum absolute atomic E-state index is 0.149. The van der Waals surface area contributed by atoms with E-state index in [0.717, 1.165) is 22.6 Å². The minimum atomic E-state index is -0.319. The maximum Gasteiger partial charge on any atom is 0.0586 e. The molecule has 0 fully saturated rings. The number of aliphatic hydroxyl groups excluding tert-OH is 1. The van der Waals surface area contributed by atoms with Gasteiger partial charge >= 0.3 is 0 Å². The molecule has 0 spiro atoms. The normalized spacial score (nSPS) is 13.9. The van der Waals surface area contributed by atoms with Crippen molar-refractivity contribution in [3.05, 3.63) is 34.3 Å². The average molecular weight is 241 g/mol. The zero-order valence-electron chi connectivity index (χ0n) is 10.5. The van der Waals surface area contributed by atoms with Gasteiger partial charge in [0.2, 0.25) is 0 Å². The van der Waals surface area contributed by atoms with Gasteiger partial charge in [0.1, 0.15) is 0 Å². The first-order valence-corrected chi connectivity index (χ1v) is 6.09. The molecular formula is C14H21ClO. The van der Waals surface area contributed by atoms with E-state index in [0.29, 0.717) is 6.42 Å². The van der Waals surface area contributed by atoms with E-state index in [4.69, 9.17) is 11.6 Å². The van der Waals surface area contributed by atoms with Crippen LogP contribution in [0.4, 0.5) is 0 Å². The molecule has 0 bridgehead atoms. The second-order valence-electron chi connectivity index (χ2n) is 5.72. The van der Waals surface area contributed by atoms with E-state index in [1.54, 1.807) is 0 Å². The second kappa shape index (κ2) is 5.20. The summed E-state index contributed by atoms with van der Waals surface area (Å²) >= 11 is 6.13. The molecule has 90 valence electrons. The summed E-state index contributed by atoms with van der Waals surface area (Å²) in [5.74, 6) is 0. The molecule has 0 saturated heterocycles. The molecule has 1 N–H and O–H groups in total. The minimum Gasteiger partial charge on any atom is -0.393 e. The third-order valence-corrected chi connectivity index (χ3v) is 2.86. The summed E-state index contributed by atoms with van der Waals surface area (Å²) in [5.41, 5.74) is 2.33. The first-order chi connectivity index (χ1) is 7.28. The molecule has 1 rings (SSSR count). The van der Waals surface area contributed by atoms with Gasteiger partial charge in [0, 0.05) is 5.02 Å². The Morgan fingerprint density at radius 3 is 2.44 bits per heavy atom. The molecule has 1 aromatic carbocycles. The standard InChI is InChI=1S/C14H21ClO/c1-10-5-6-11(13(15)7-10)8-12(16)9-14(2,3)4/h5-7,12,16H,8-9H2,1-4H3. The summed E-state index contributed by atoms with van der Waals surface area (Å²) in [7, 11) is 0. The highest BCUT2D eigenvalue weighted by atomic mass is 35.5. The molecule has 16 heavy (non-hydrogen) atoms. The third kappa shape index (κ3) is 4.54. The summed E-state index contributed by atoms with van der Waals surface area (Å²) in [6.45, 7) is 8.41. The van der Waals surface area contributed by atoms with Crippen molar-refractivity contribution >= 4 is 11.6 Å². The molecule has 1 atom stereocenters. The molecule has 2 heteroatoms. The lowest BCUT2D eigenvalue weighted by Gasteiger charge is -2.22. The van der Waals surface area contributed by atoms with Crippen LogP contribution in [0.25, 0.3) is 0 Å². The van der Waals surface area contributed by atoms with Crippen molar-refractivity contribution in [1.82, 2.24) is 0 Å². The molecule has 0 amide bonds. The number of hydrogen-bond acceptors (Lipinski definition) is 1. The molecular weight excluding hydrogens is 220 g/mol. The van der Waals surface area contributed by atoms with E-state index in [1.165, 1.54) is 0 Å². The van der Waals surface area contributed by atoms with Gasteiger partial charge in [-0.25, -0.2) is 0 Å². The van der Waals surface area contributed by atoms with E-state index in [2.05, 4.69) is 20.8 Å². The molecule has 1 aromatic rings. The smallest absolute Gasteiger partial charge is 0.0586 e. The van der Waals surface area contributed by atoms with Gasteiger partial charge in [-0.3, -0.25) is 0 Å². The van der Waals surface area contributed by atoms with Crippen LogP contribution in [0.1, 0.15) is 38.3 Å². The fourth-order valence-corrected chi connectivity index (χ4v) is 2.16. The van der Waals surface area contributed by atoms with Gasteiger partial charge in [0.15, 0.2) is 0 Å². The van der Waals surface area contributed by atoms with Crippen molar-refractivity contribution in [3.8, 4) is 0 Å². The van der Waals surface area contributed by atoms with E-state index in [9.17, 15) is 5.11 Å². The van der Waals surface area contributed by atoms with Crippen LogP contribution in [0.5, 0.6) is 0 Å². The Morgan fingerprint density at radius 1 is 1.31 bits per heavy atom. The molecule has 0 aliphatic carbocycles. The maximum absolute atomic E-state index is 9.97. The second-order valence-corrected chi connectivity index (χ2v) is 6.12. The Labute approximate surface area is 103 Å². The van der Waals surface area contributed by atoms with Crippen LogP contribution in [-0.4, -0.2) is 11.2 Å². The number of aryl methyl sites for hydroxylation is 1. The molecule has 0 aliphatic rings. The van der Waals surface area contributed by atoms with Crippen molar-refractivity contribution < 1.29 is 5.11 Å². The number of rotatable bonds is 3. The molecule has 1 nitrogen and oxygen atoms in total. The summed E-state index contributed by atoms with van der Waals surface area (Å²) in [5, 5.41) is 10.7. The van der Waals surface area contributed by atoms with E-state index in [-0.39, 0.29) is 11.5 Å². The van der Waals surface area contributed by atoms with Gasteiger partial charge < -0.3 is 5.11 Å². The van der Waals surface area contributed by atoms with Crippen LogP contribution < -0.4 is 0 Å². The highest BCUT2D eigenvalue weighted by Crippen LogP contribution is 2.25. The van der Waals surface area contributed by atoms with Crippen molar-refractivity contribution in [3.63, 3.8) is 0 Å². The van der Waals surface area contributed by atoms with Crippen molar-refractivity contribution in [2.75, 3.05) is 0 Å². The first kappa shape index (κ1) is 13.5. The van der Waals surface area contributed by atoms with Gasteiger partial charge in [0.25, 0.3) is 0 Å². The molecule has 0 heterocycles. The van der Waals surface area contributed by atoms with Gasteiger partial charge in [0.05, 0.1) is 6.10 Å². The van der Waals surface area contributed by atoms with Crippen molar-refractivity contribution in [2.24, 2.45) is 5.41 Å². The monoisotopic (exact) mass is 240 g/mol. The SMILES string of the molecule is Cc1ccc(CC(O)CC(C)(C)C)c(Cl)c1. The van der Waals surface area contributed by atoms with Crippen LogP contribution in [0.3, 0.4) is 0 Å². The van der Waals surface area contributed by atoms with E-state index >= 15 is 0 Å². The lowest BCUT2D eigenvalue weighted by atomic mass is 9.87. The van der Waals surface area contributed by atoms with Crippen LogP contribution in [0.15, 0.2) is 18.2 Å². The maximum atomic E-state index is 9.97. The summed E-state index contributed by atoms with van der Waals surface area (Å²) in [6.07, 6.45) is 1.10. The van der Waals surface area contributed by atoms with E-state index in [1.807, 2.05) is 25.1 Å². The van der Waals surface area contributed by atoms with Gasteiger partial charge in [-0.15, -0.1) is 0 Å². The zero-order valence-corrected chi connectivity index (χ0v) is 11.3. The van der Waals surface area contributed by atoms with Crippen LogP contribution in [0, 0.1) is 12.3 Å². The largest absolute Gasteiger partial charge is 0.393 e. The van der Waals surface area contributed by atoms with Crippen LogP contribution in [-0.2, 0) is 6.42 Å². The average Bonchev–Trinajstić information content (AvgIpc) is 2.06. The predicted molar refractivity (Wildman–Crippen MR) is 70.0 cm³/mol. The van der Waals surface area contributed by atoms with Crippen LogP contribution in [0.2, 0.25) is 5.02 Å². The summed E-state index contributed by atoms with van der Waals surface area (Å²) in [6, 6.07) is 5.98. The quantitative estimate of drug-likeness (QED) is 0.847. The molecule has 1 unspecified atom stereocenters. The van der Waals surface area contributed by atoms with Crippen molar-refractivity contribution in [2.45, 2.75) is 46.6 Å². The third-order valence-electron chi connectivity index (χ3n) is 2.51. The Kier molecular flexibility index (Phi) is 4.40. The predicted octanol–water partition coefficient (Wildman–Crippen LogP) is 3.99. The number of aliphatic hydroxyl groups is 1. The molecule has 0 saturated carbocycles. The summed E-state index contributed by atoms with van der Waals surface area (Å²) in [4.78, 5) is 0. The Hall–Kier alpha value is -0.530. The number of benzene rings is 1. The lowest BCUT2D eigenvalue weighted by molar-refractivity contribution is 0.121. The highest BCUT2D eigenvalue weighted by Gasteiger charge is 2.17. The molecule has 0 aliphatic heterocycles. The highest BCUT2D eigenvalue weighted by molar-refractivity contribution is 6.31. The Balaban J connectivity index is 2.66. The number of halogens is 1. The zero-order chi connectivity index (χ0) is 12.3. The van der Waals surface area contributed by atoms with Gasteiger partial charge in [-0.2, -0.15) is 0 Å². The first-order valence-electron chi connectivity index (χ1n) is 5.71. The van der Waals surface area contributed by atoms with Gasteiger partial charge in [-0.1, -0.05) is 44.5 Å².